The van der Waals surface area contributed by atoms with E-state index in [2.05, 4.69) is 9.97 Å². The molecule has 0 fully saturated rings. The van der Waals surface area contributed by atoms with Gasteiger partial charge in [-0.25, -0.2) is 14.4 Å². The van der Waals surface area contributed by atoms with E-state index in [4.69, 9.17) is 0 Å². The largest absolute Gasteiger partial charge is 0.236 e. The normalized spacial score (nSPS) is 11.5. The molecule has 0 unspecified atom stereocenters. The van der Waals surface area contributed by atoms with Crippen molar-refractivity contribution in [2.45, 2.75) is 6.92 Å². The second-order valence-corrected chi connectivity index (χ2v) is 3.30. The second kappa shape index (κ2) is 4.66. The molecule has 80 valence electrons. The summed E-state index contributed by atoms with van der Waals surface area (Å²) < 4.78 is 13.2. The summed E-state index contributed by atoms with van der Waals surface area (Å²) in [5.74, 6) is 0.299. The van der Waals surface area contributed by atoms with Crippen molar-refractivity contribution in [3.05, 3.63) is 54.4 Å². The molecule has 1 heterocycles. The standard InChI is InChI=1S/C13H11FN2/c1-2-12(14)11-8-15-13(16-9-11)10-6-4-3-5-7-10/h2-9H,1H3/b12-2+. The summed E-state index contributed by atoms with van der Waals surface area (Å²) in [6.45, 7) is 1.64. The Labute approximate surface area is 93.5 Å². The highest BCUT2D eigenvalue weighted by Crippen LogP contribution is 2.17. The van der Waals surface area contributed by atoms with Crippen molar-refractivity contribution in [2.75, 3.05) is 0 Å². The predicted molar refractivity (Wildman–Crippen MR) is 62.2 cm³/mol. The molecule has 16 heavy (non-hydrogen) atoms. The monoisotopic (exact) mass is 214 g/mol. The number of hydrogen-bond donors (Lipinski definition) is 0. The minimum atomic E-state index is -0.306. The zero-order valence-electron chi connectivity index (χ0n) is 8.89. The summed E-state index contributed by atoms with van der Waals surface area (Å²) >= 11 is 0. The van der Waals surface area contributed by atoms with Gasteiger partial charge in [0, 0.05) is 23.5 Å². The van der Waals surface area contributed by atoms with Gasteiger partial charge in [-0.05, 0) is 6.92 Å². The molecule has 0 spiro atoms. The maximum atomic E-state index is 13.2. The van der Waals surface area contributed by atoms with Crippen molar-refractivity contribution in [2.24, 2.45) is 0 Å². The quantitative estimate of drug-likeness (QED) is 0.764. The van der Waals surface area contributed by atoms with Crippen molar-refractivity contribution in [1.82, 2.24) is 9.97 Å². The molecule has 0 radical (unpaired) electrons. The molecule has 0 aliphatic carbocycles. The van der Waals surface area contributed by atoms with E-state index in [1.54, 1.807) is 6.92 Å². The maximum absolute atomic E-state index is 13.2. The van der Waals surface area contributed by atoms with Crippen LogP contribution in [0.3, 0.4) is 0 Å². The van der Waals surface area contributed by atoms with E-state index in [-0.39, 0.29) is 5.83 Å². The van der Waals surface area contributed by atoms with Gasteiger partial charge in [-0.1, -0.05) is 36.4 Å². The van der Waals surface area contributed by atoms with Gasteiger partial charge in [-0.3, -0.25) is 0 Å². The lowest BCUT2D eigenvalue weighted by atomic mass is 10.2. The first-order valence-corrected chi connectivity index (χ1v) is 5.01. The third-order valence-corrected chi connectivity index (χ3v) is 2.21. The van der Waals surface area contributed by atoms with Crippen LogP contribution in [0.2, 0.25) is 0 Å². The summed E-state index contributed by atoms with van der Waals surface area (Å²) in [7, 11) is 0. The number of halogens is 1. The summed E-state index contributed by atoms with van der Waals surface area (Å²) in [5.41, 5.74) is 1.33. The van der Waals surface area contributed by atoms with Gasteiger partial charge >= 0.3 is 0 Å². The third kappa shape index (κ3) is 2.14. The molecule has 0 saturated carbocycles. The lowest BCUT2D eigenvalue weighted by Crippen LogP contribution is -1.90. The highest BCUT2D eigenvalue weighted by atomic mass is 19.1. The van der Waals surface area contributed by atoms with Gasteiger partial charge in [0.2, 0.25) is 0 Å². The number of allylic oxidation sites excluding steroid dienone is 1. The molecule has 0 N–H and O–H groups in total. The number of nitrogens with zero attached hydrogens (tertiary/aromatic N) is 2. The van der Waals surface area contributed by atoms with E-state index < -0.39 is 0 Å². The Balaban J connectivity index is 2.34. The van der Waals surface area contributed by atoms with Crippen molar-refractivity contribution in [1.29, 1.82) is 0 Å². The van der Waals surface area contributed by atoms with Crippen LogP contribution < -0.4 is 0 Å². The van der Waals surface area contributed by atoms with E-state index in [1.807, 2.05) is 30.3 Å². The SMILES string of the molecule is C/C=C(/F)c1cnc(-c2ccccc2)nc1. The Kier molecular flexibility index (Phi) is 3.05. The molecular weight excluding hydrogens is 203 g/mol. The summed E-state index contributed by atoms with van der Waals surface area (Å²) in [6, 6.07) is 9.59. The summed E-state index contributed by atoms with van der Waals surface area (Å²) in [6.07, 6.45) is 4.37. The van der Waals surface area contributed by atoms with Crippen LogP contribution in [0, 0.1) is 0 Å². The van der Waals surface area contributed by atoms with Crippen LogP contribution >= 0.6 is 0 Å². The first-order chi connectivity index (χ1) is 7.81. The number of aromatic nitrogens is 2. The van der Waals surface area contributed by atoms with E-state index in [0.717, 1.165) is 5.56 Å². The van der Waals surface area contributed by atoms with Gasteiger partial charge in [0.15, 0.2) is 5.82 Å². The molecule has 0 atom stereocenters. The van der Waals surface area contributed by atoms with Gasteiger partial charge in [0.1, 0.15) is 5.83 Å². The molecule has 0 aliphatic rings. The molecule has 0 bridgehead atoms. The van der Waals surface area contributed by atoms with E-state index in [1.165, 1.54) is 18.5 Å². The average Bonchev–Trinajstić information content (AvgIpc) is 2.39. The van der Waals surface area contributed by atoms with Gasteiger partial charge in [0.05, 0.1) is 0 Å². The minimum absolute atomic E-state index is 0.306. The molecule has 2 rings (SSSR count). The second-order valence-electron chi connectivity index (χ2n) is 3.30. The van der Waals surface area contributed by atoms with Crippen molar-refractivity contribution < 1.29 is 4.39 Å². The smallest absolute Gasteiger partial charge is 0.159 e. The fourth-order valence-corrected chi connectivity index (χ4v) is 1.35. The molecule has 3 heteroatoms. The average molecular weight is 214 g/mol. The van der Waals surface area contributed by atoms with Crippen LogP contribution in [0.1, 0.15) is 12.5 Å². The van der Waals surface area contributed by atoms with E-state index >= 15 is 0 Å². The van der Waals surface area contributed by atoms with Crippen molar-refractivity contribution in [3.8, 4) is 11.4 Å². The fourth-order valence-electron chi connectivity index (χ4n) is 1.35. The number of benzene rings is 1. The third-order valence-electron chi connectivity index (χ3n) is 2.21. The van der Waals surface area contributed by atoms with Crippen molar-refractivity contribution >= 4 is 5.83 Å². The Hall–Kier alpha value is -2.03. The van der Waals surface area contributed by atoms with Crippen molar-refractivity contribution in [3.63, 3.8) is 0 Å². The van der Waals surface area contributed by atoms with Crippen LogP contribution in [-0.2, 0) is 0 Å². The first-order valence-electron chi connectivity index (χ1n) is 5.01. The molecule has 1 aromatic carbocycles. The van der Waals surface area contributed by atoms with Crippen LogP contribution in [0.5, 0.6) is 0 Å². The van der Waals surface area contributed by atoms with E-state index in [9.17, 15) is 4.39 Å². The maximum Gasteiger partial charge on any atom is 0.159 e. The summed E-state index contributed by atoms with van der Waals surface area (Å²) in [4.78, 5) is 8.25. The van der Waals surface area contributed by atoms with Crippen LogP contribution in [0.25, 0.3) is 17.2 Å². The number of hydrogen-bond acceptors (Lipinski definition) is 2. The van der Waals surface area contributed by atoms with Gasteiger partial charge < -0.3 is 0 Å². The topological polar surface area (TPSA) is 25.8 Å². The molecule has 1 aromatic heterocycles. The van der Waals surface area contributed by atoms with Gasteiger partial charge in [-0.2, -0.15) is 0 Å². The Morgan fingerprint density at radius 2 is 1.75 bits per heavy atom. The molecule has 2 aromatic rings. The van der Waals surface area contributed by atoms with Gasteiger partial charge in [-0.15, -0.1) is 0 Å². The minimum Gasteiger partial charge on any atom is -0.236 e. The number of rotatable bonds is 2. The van der Waals surface area contributed by atoms with Crippen LogP contribution in [0.4, 0.5) is 4.39 Å². The Morgan fingerprint density at radius 1 is 1.12 bits per heavy atom. The molecule has 0 amide bonds. The Morgan fingerprint density at radius 3 is 2.31 bits per heavy atom. The zero-order valence-corrected chi connectivity index (χ0v) is 8.89. The summed E-state index contributed by atoms with van der Waals surface area (Å²) in [5, 5.41) is 0. The lowest BCUT2D eigenvalue weighted by Gasteiger charge is -2.00. The first kappa shape index (κ1) is 10.5. The zero-order chi connectivity index (χ0) is 11.4. The Bertz CT molecular complexity index is 489. The molecular formula is C13H11FN2. The van der Waals surface area contributed by atoms with Crippen LogP contribution in [-0.4, -0.2) is 9.97 Å². The van der Waals surface area contributed by atoms with E-state index in [0.29, 0.717) is 11.4 Å². The lowest BCUT2D eigenvalue weighted by molar-refractivity contribution is 0.756. The molecule has 0 saturated heterocycles. The molecule has 2 nitrogen and oxygen atoms in total. The predicted octanol–water partition coefficient (Wildman–Crippen LogP) is 3.47. The fraction of sp³-hybridized carbons (Fsp3) is 0.0769. The highest BCUT2D eigenvalue weighted by molar-refractivity contribution is 5.59. The van der Waals surface area contributed by atoms with Crippen LogP contribution in [0.15, 0.2) is 48.8 Å². The van der Waals surface area contributed by atoms with Gasteiger partial charge in [0.25, 0.3) is 0 Å². The highest BCUT2D eigenvalue weighted by Gasteiger charge is 2.02. The molecule has 0 aliphatic heterocycles.